The van der Waals surface area contributed by atoms with Crippen LogP contribution in [-0.2, 0) is 26.0 Å². The molecule has 214 valence electrons. The maximum Gasteiger partial charge on any atom is 0.264 e. The summed E-state index contributed by atoms with van der Waals surface area (Å²) in [5.41, 5.74) is 1.94. The third-order valence-corrected chi connectivity index (χ3v) is 9.01. The highest BCUT2D eigenvalue weighted by molar-refractivity contribution is 7.92. The van der Waals surface area contributed by atoms with Crippen LogP contribution in [0.4, 0.5) is 5.69 Å². The number of amides is 2. The van der Waals surface area contributed by atoms with E-state index < -0.39 is 28.5 Å². The number of anilines is 1. The number of benzene rings is 3. The predicted octanol–water partition coefficient (Wildman–Crippen LogP) is 5.73. The first-order valence-electron chi connectivity index (χ1n) is 13.1. The fraction of sp³-hybridized carbons (Fsp3) is 0.333. The molecule has 3 aromatic carbocycles. The molecule has 0 aliphatic heterocycles. The molecule has 0 bridgehead atoms. The monoisotopic (exact) mass is 603 g/mol. The number of hydrogen-bond acceptors (Lipinski definition) is 4. The van der Waals surface area contributed by atoms with Crippen LogP contribution < -0.4 is 9.62 Å². The highest BCUT2D eigenvalue weighted by atomic mass is 35.5. The summed E-state index contributed by atoms with van der Waals surface area (Å²) in [6, 6.07) is 19.7. The number of sulfonamides is 1. The molecule has 40 heavy (non-hydrogen) atoms. The van der Waals surface area contributed by atoms with Gasteiger partial charge in [0.15, 0.2) is 0 Å². The lowest BCUT2D eigenvalue weighted by atomic mass is 10.1. The Morgan fingerprint density at radius 2 is 1.55 bits per heavy atom. The van der Waals surface area contributed by atoms with Gasteiger partial charge in [-0.3, -0.25) is 13.9 Å². The Kier molecular flexibility index (Phi) is 11.0. The van der Waals surface area contributed by atoms with E-state index in [4.69, 9.17) is 23.2 Å². The lowest BCUT2D eigenvalue weighted by Gasteiger charge is -2.32. The number of carbonyl (C=O) groups excluding carboxylic acids is 2. The molecular formula is C30H35Cl2N3O4S. The summed E-state index contributed by atoms with van der Waals surface area (Å²) in [4.78, 5) is 28.4. The van der Waals surface area contributed by atoms with Crippen molar-refractivity contribution in [3.8, 4) is 0 Å². The molecule has 0 heterocycles. The SMILES string of the molecule is Cc1ccc(S(=O)(=O)N(CC(=O)N(CCc2ccccc2)[C@@H](C)C(=O)NCC(C)C)c2cccc(Cl)c2Cl)cc1. The molecule has 1 N–H and O–H groups in total. The van der Waals surface area contributed by atoms with Gasteiger partial charge in [-0.05, 0) is 56.0 Å². The van der Waals surface area contributed by atoms with Crippen molar-refractivity contribution in [2.45, 2.75) is 45.1 Å². The summed E-state index contributed by atoms with van der Waals surface area (Å²) >= 11 is 12.7. The number of hydrogen-bond donors (Lipinski definition) is 1. The molecule has 0 saturated heterocycles. The molecule has 3 aromatic rings. The number of nitrogens with one attached hydrogen (secondary N) is 1. The molecule has 1 atom stereocenters. The van der Waals surface area contributed by atoms with Gasteiger partial charge in [0, 0.05) is 13.1 Å². The van der Waals surface area contributed by atoms with Crippen LogP contribution in [0.1, 0.15) is 31.9 Å². The van der Waals surface area contributed by atoms with Crippen LogP contribution in [0.25, 0.3) is 0 Å². The van der Waals surface area contributed by atoms with Gasteiger partial charge in [-0.15, -0.1) is 0 Å². The first-order chi connectivity index (χ1) is 18.9. The van der Waals surface area contributed by atoms with Gasteiger partial charge in [-0.1, -0.05) is 91.1 Å². The van der Waals surface area contributed by atoms with Crippen LogP contribution in [0.3, 0.4) is 0 Å². The van der Waals surface area contributed by atoms with Crippen molar-refractivity contribution in [3.05, 3.63) is 94.0 Å². The number of carbonyl (C=O) groups is 2. The molecule has 0 aromatic heterocycles. The minimum Gasteiger partial charge on any atom is -0.354 e. The molecular weight excluding hydrogens is 569 g/mol. The Bertz CT molecular complexity index is 1410. The van der Waals surface area contributed by atoms with Gasteiger partial charge < -0.3 is 10.2 Å². The second-order valence-electron chi connectivity index (χ2n) is 10.0. The van der Waals surface area contributed by atoms with Gasteiger partial charge in [0.2, 0.25) is 11.8 Å². The van der Waals surface area contributed by atoms with Crippen molar-refractivity contribution in [1.29, 1.82) is 0 Å². The van der Waals surface area contributed by atoms with Crippen LogP contribution in [0.2, 0.25) is 10.0 Å². The van der Waals surface area contributed by atoms with Crippen LogP contribution in [0.15, 0.2) is 77.7 Å². The van der Waals surface area contributed by atoms with Crippen molar-refractivity contribution < 1.29 is 18.0 Å². The van der Waals surface area contributed by atoms with Gasteiger partial charge in [0.25, 0.3) is 10.0 Å². The van der Waals surface area contributed by atoms with E-state index >= 15 is 0 Å². The number of halogens is 2. The predicted molar refractivity (Wildman–Crippen MR) is 161 cm³/mol. The minimum atomic E-state index is -4.23. The van der Waals surface area contributed by atoms with E-state index in [1.165, 1.54) is 23.1 Å². The van der Waals surface area contributed by atoms with Gasteiger partial charge in [0.05, 0.1) is 20.6 Å². The Morgan fingerprint density at radius 3 is 2.17 bits per heavy atom. The lowest BCUT2D eigenvalue weighted by Crippen LogP contribution is -2.52. The zero-order valence-electron chi connectivity index (χ0n) is 23.1. The Balaban J connectivity index is 2.00. The quantitative estimate of drug-likeness (QED) is 0.286. The lowest BCUT2D eigenvalue weighted by molar-refractivity contribution is -0.138. The molecule has 10 heteroatoms. The van der Waals surface area contributed by atoms with Gasteiger partial charge in [-0.2, -0.15) is 0 Å². The molecule has 0 saturated carbocycles. The van der Waals surface area contributed by atoms with Crippen LogP contribution in [0.5, 0.6) is 0 Å². The zero-order valence-corrected chi connectivity index (χ0v) is 25.4. The molecule has 7 nitrogen and oxygen atoms in total. The number of rotatable bonds is 12. The molecule has 3 rings (SSSR count). The summed E-state index contributed by atoms with van der Waals surface area (Å²) in [5.74, 6) is -0.636. The first-order valence-corrected chi connectivity index (χ1v) is 15.3. The van der Waals surface area contributed by atoms with Crippen molar-refractivity contribution >= 4 is 50.7 Å². The Labute approximate surface area is 247 Å². The second-order valence-corrected chi connectivity index (χ2v) is 12.7. The molecule has 0 fully saturated rings. The van der Waals surface area contributed by atoms with E-state index in [1.807, 2.05) is 51.1 Å². The fourth-order valence-corrected chi connectivity index (χ4v) is 5.93. The van der Waals surface area contributed by atoms with Gasteiger partial charge >= 0.3 is 0 Å². The number of nitrogens with zero attached hydrogens (tertiary/aromatic N) is 2. The minimum absolute atomic E-state index is 0.000465. The molecule has 0 unspecified atom stereocenters. The molecule has 0 radical (unpaired) electrons. The highest BCUT2D eigenvalue weighted by Gasteiger charge is 2.33. The van der Waals surface area contributed by atoms with Crippen molar-refractivity contribution in [3.63, 3.8) is 0 Å². The molecule has 0 aliphatic carbocycles. The topological polar surface area (TPSA) is 86.8 Å². The normalized spacial score (nSPS) is 12.2. The molecule has 0 spiro atoms. The standard InChI is InChI=1S/C30H35Cl2N3O4S/c1-21(2)19-33-30(37)23(4)34(18-17-24-9-6-5-7-10-24)28(36)20-35(27-12-8-11-26(31)29(27)32)40(38,39)25-15-13-22(3)14-16-25/h5-16,21,23H,17-20H2,1-4H3,(H,33,37)/t23-/m0/s1. The van der Waals surface area contributed by atoms with Gasteiger partial charge in [-0.25, -0.2) is 8.42 Å². The Morgan fingerprint density at radius 1 is 0.900 bits per heavy atom. The van der Waals surface area contributed by atoms with E-state index in [9.17, 15) is 18.0 Å². The van der Waals surface area contributed by atoms with E-state index in [1.54, 1.807) is 31.2 Å². The Hall–Kier alpha value is -3.07. The summed E-state index contributed by atoms with van der Waals surface area (Å²) < 4.78 is 28.8. The summed E-state index contributed by atoms with van der Waals surface area (Å²) in [6.07, 6.45) is 0.483. The maximum absolute atomic E-state index is 13.9. The third-order valence-electron chi connectivity index (χ3n) is 6.42. The zero-order chi connectivity index (χ0) is 29.4. The fourth-order valence-electron chi connectivity index (χ4n) is 4.06. The van der Waals surface area contributed by atoms with Crippen LogP contribution >= 0.6 is 23.2 Å². The summed E-state index contributed by atoms with van der Waals surface area (Å²) in [5, 5.41) is 3.03. The van der Waals surface area contributed by atoms with E-state index in [0.717, 1.165) is 15.4 Å². The maximum atomic E-state index is 13.9. The average molecular weight is 605 g/mol. The smallest absolute Gasteiger partial charge is 0.264 e. The van der Waals surface area contributed by atoms with E-state index in [2.05, 4.69) is 5.32 Å². The largest absolute Gasteiger partial charge is 0.354 e. The van der Waals surface area contributed by atoms with Crippen molar-refractivity contribution in [2.24, 2.45) is 5.92 Å². The van der Waals surface area contributed by atoms with E-state index in [-0.39, 0.29) is 39.0 Å². The molecule has 2 amide bonds. The third kappa shape index (κ3) is 7.99. The molecule has 0 aliphatic rings. The van der Waals surface area contributed by atoms with Crippen LogP contribution in [0, 0.1) is 12.8 Å². The van der Waals surface area contributed by atoms with Gasteiger partial charge in [0.1, 0.15) is 12.6 Å². The average Bonchev–Trinajstić information content (AvgIpc) is 2.92. The second kappa shape index (κ2) is 14.0. The first kappa shape index (κ1) is 31.5. The number of aryl methyl sites for hydroxylation is 1. The van der Waals surface area contributed by atoms with Crippen LogP contribution in [-0.4, -0.2) is 50.8 Å². The van der Waals surface area contributed by atoms with Crippen molar-refractivity contribution in [2.75, 3.05) is 23.9 Å². The summed E-state index contributed by atoms with van der Waals surface area (Å²) in [7, 11) is -4.23. The summed E-state index contributed by atoms with van der Waals surface area (Å²) in [6.45, 7) is 7.53. The van der Waals surface area contributed by atoms with E-state index in [0.29, 0.717) is 13.0 Å². The highest BCUT2D eigenvalue weighted by Crippen LogP contribution is 2.35. The van der Waals surface area contributed by atoms with Crippen molar-refractivity contribution in [1.82, 2.24) is 10.2 Å².